The van der Waals surface area contributed by atoms with Gasteiger partial charge in [-0.05, 0) is 84.5 Å². The first-order valence-corrected chi connectivity index (χ1v) is 10.5. The number of para-hydroxylation sites is 1. The smallest absolute Gasteiger partial charge is 0.119 e. The molecule has 0 radical (unpaired) electrons. The Balaban J connectivity index is 1.16. The van der Waals surface area contributed by atoms with Crippen LogP contribution in [0.5, 0.6) is 5.75 Å². The number of fused-ring (bicyclic) bond motifs is 2. The number of anilines is 2. The average molecular weight is 370 g/mol. The number of benzene rings is 3. The van der Waals surface area contributed by atoms with Crippen LogP contribution in [0.25, 0.3) is 0 Å². The largest absolute Gasteiger partial charge is 0.489 e. The molecule has 142 valence electrons. The number of ether oxygens (including phenoxy) is 1. The Labute approximate surface area is 167 Å². The van der Waals surface area contributed by atoms with Crippen LogP contribution in [-0.2, 0) is 6.61 Å². The summed E-state index contributed by atoms with van der Waals surface area (Å²) in [6.45, 7) is 0.614. The molecule has 28 heavy (non-hydrogen) atoms. The van der Waals surface area contributed by atoms with Gasteiger partial charge in [0.2, 0.25) is 0 Å². The number of hydrogen-bond donors (Lipinski definition) is 1. The zero-order chi connectivity index (χ0) is 18.8. The van der Waals surface area contributed by atoms with E-state index < -0.39 is 0 Å². The first-order valence-electron chi connectivity index (χ1n) is 10.5. The van der Waals surface area contributed by atoms with E-state index in [1.54, 1.807) is 0 Å². The van der Waals surface area contributed by atoms with E-state index in [9.17, 15) is 0 Å². The van der Waals surface area contributed by atoms with Crippen LogP contribution in [0, 0.1) is 11.8 Å². The first kappa shape index (κ1) is 17.4. The Morgan fingerprint density at radius 1 is 0.750 bits per heavy atom. The molecule has 3 aromatic rings. The third-order valence-electron chi connectivity index (χ3n) is 6.47. The highest BCUT2D eigenvalue weighted by molar-refractivity contribution is 5.60. The molecule has 2 bridgehead atoms. The van der Waals surface area contributed by atoms with Gasteiger partial charge in [0.15, 0.2) is 0 Å². The molecule has 1 N–H and O–H groups in total. The summed E-state index contributed by atoms with van der Waals surface area (Å²) in [4.78, 5) is 0. The highest BCUT2D eigenvalue weighted by Gasteiger charge is 2.39. The second-order valence-electron chi connectivity index (χ2n) is 8.33. The summed E-state index contributed by atoms with van der Waals surface area (Å²) in [5.41, 5.74) is 4.92. The molecular weight excluding hydrogens is 342 g/mol. The number of nitrogens with one attached hydrogen (secondary N) is 1. The van der Waals surface area contributed by atoms with Gasteiger partial charge in [0.05, 0.1) is 0 Å². The van der Waals surface area contributed by atoms with E-state index in [1.807, 2.05) is 30.3 Å². The molecule has 2 aliphatic carbocycles. The van der Waals surface area contributed by atoms with Gasteiger partial charge in [0, 0.05) is 11.4 Å². The van der Waals surface area contributed by atoms with E-state index in [0.29, 0.717) is 6.61 Å². The fraction of sp³-hybridized carbons (Fsp3) is 0.308. The monoisotopic (exact) mass is 369 g/mol. The zero-order valence-corrected chi connectivity index (χ0v) is 16.2. The van der Waals surface area contributed by atoms with E-state index >= 15 is 0 Å². The average Bonchev–Trinajstić information content (AvgIpc) is 3.38. The quantitative estimate of drug-likeness (QED) is 0.509. The molecule has 5 rings (SSSR count). The van der Waals surface area contributed by atoms with Crippen molar-refractivity contribution in [2.45, 2.75) is 38.2 Å². The lowest BCUT2D eigenvalue weighted by Gasteiger charge is -2.22. The minimum absolute atomic E-state index is 0.614. The van der Waals surface area contributed by atoms with Crippen molar-refractivity contribution in [2.75, 3.05) is 5.32 Å². The van der Waals surface area contributed by atoms with E-state index in [4.69, 9.17) is 4.74 Å². The van der Waals surface area contributed by atoms with Gasteiger partial charge in [-0.25, -0.2) is 0 Å². The van der Waals surface area contributed by atoms with Crippen molar-refractivity contribution in [1.29, 1.82) is 0 Å². The molecule has 2 nitrogen and oxygen atoms in total. The van der Waals surface area contributed by atoms with Gasteiger partial charge in [-0.3, -0.25) is 0 Å². The maximum Gasteiger partial charge on any atom is 0.119 e. The van der Waals surface area contributed by atoms with Gasteiger partial charge in [-0.1, -0.05) is 48.9 Å². The number of hydrogen-bond acceptors (Lipinski definition) is 2. The molecule has 3 aromatic carbocycles. The number of rotatable bonds is 6. The highest BCUT2D eigenvalue weighted by Crippen LogP contribution is 2.52. The highest BCUT2D eigenvalue weighted by atomic mass is 16.5. The summed E-state index contributed by atoms with van der Waals surface area (Å²) >= 11 is 0. The summed E-state index contributed by atoms with van der Waals surface area (Å²) in [5, 5.41) is 3.39. The SMILES string of the molecule is c1ccc(Nc2ccc(OCc3ccc(C4CC5CCC4C5)cc3)cc2)cc1. The molecule has 2 fully saturated rings. The Morgan fingerprint density at radius 3 is 2.18 bits per heavy atom. The normalized spacial score (nSPS) is 22.9. The molecule has 0 heterocycles. The minimum Gasteiger partial charge on any atom is -0.489 e. The lowest BCUT2D eigenvalue weighted by molar-refractivity contribution is 0.306. The van der Waals surface area contributed by atoms with Gasteiger partial charge in [0.25, 0.3) is 0 Å². The van der Waals surface area contributed by atoms with Crippen LogP contribution < -0.4 is 10.1 Å². The topological polar surface area (TPSA) is 21.3 Å². The van der Waals surface area contributed by atoms with E-state index in [2.05, 4.69) is 53.8 Å². The summed E-state index contributed by atoms with van der Waals surface area (Å²) in [5.74, 6) is 3.64. The van der Waals surface area contributed by atoms with Crippen LogP contribution >= 0.6 is 0 Å². The Kier molecular flexibility index (Phi) is 4.78. The molecule has 0 amide bonds. The predicted molar refractivity (Wildman–Crippen MR) is 115 cm³/mol. The van der Waals surface area contributed by atoms with Crippen LogP contribution in [0.15, 0.2) is 78.9 Å². The van der Waals surface area contributed by atoms with Gasteiger partial charge in [-0.2, -0.15) is 0 Å². The summed E-state index contributed by atoms with van der Waals surface area (Å²) < 4.78 is 5.98. The third-order valence-corrected chi connectivity index (χ3v) is 6.47. The minimum atomic E-state index is 0.614. The van der Waals surface area contributed by atoms with Crippen LogP contribution in [0.4, 0.5) is 11.4 Å². The maximum atomic E-state index is 5.98. The van der Waals surface area contributed by atoms with E-state index in [-0.39, 0.29) is 0 Å². The second-order valence-corrected chi connectivity index (χ2v) is 8.33. The van der Waals surface area contributed by atoms with E-state index in [0.717, 1.165) is 34.9 Å². The van der Waals surface area contributed by atoms with Crippen molar-refractivity contribution in [3.63, 3.8) is 0 Å². The molecule has 0 aromatic heterocycles. The summed E-state index contributed by atoms with van der Waals surface area (Å²) in [7, 11) is 0. The molecule has 2 saturated carbocycles. The van der Waals surface area contributed by atoms with Crippen molar-refractivity contribution in [2.24, 2.45) is 11.8 Å². The summed E-state index contributed by atoms with van der Waals surface area (Å²) in [6, 6.07) is 27.5. The van der Waals surface area contributed by atoms with Gasteiger partial charge in [0.1, 0.15) is 12.4 Å². The van der Waals surface area contributed by atoms with E-state index in [1.165, 1.54) is 36.8 Å². The van der Waals surface area contributed by atoms with Crippen LogP contribution in [0.3, 0.4) is 0 Å². The molecular formula is C26H27NO. The molecule has 2 heteroatoms. The fourth-order valence-electron chi connectivity index (χ4n) is 5.00. The van der Waals surface area contributed by atoms with Crippen LogP contribution in [0.1, 0.15) is 42.7 Å². The fourth-order valence-corrected chi connectivity index (χ4v) is 5.00. The van der Waals surface area contributed by atoms with Crippen molar-refractivity contribution in [1.82, 2.24) is 0 Å². The maximum absolute atomic E-state index is 5.98. The summed E-state index contributed by atoms with van der Waals surface area (Å²) in [6.07, 6.45) is 5.77. The molecule has 0 aliphatic heterocycles. The molecule has 0 saturated heterocycles. The van der Waals surface area contributed by atoms with Crippen LogP contribution in [-0.4, -0.2) is 0 Å². The van der Waals surface area contributed by atoms with Crippen molar-refractivity contribution in [3.8, 4) is 5.75 Å². The third kappa shape index (κ3) is 3.77. The molecule has 0 spiro atoms. The van der Waals surface area contributed by atoms with Gasteiger partial charge in [-0.15, -0.1) is 0 Å². The predicted octanol–water partition coefficient (Wildman–Crippen LogP) is 6.91. The van der Waals surface area contributed by atoms with Crippen molar-refractivity contribution < 1.29 is 4.74 Å². The van der Waals surface area contributed by atoms with Crippen molar-refractivity contribution >= 4 is 11.4 Å². The van der Waals surface area contributed by atoms with Crippen LogP contribution in [0.2, 0.25) is 0 Å². The van der Waals surface area contributed by atoms with Gasteiger partial charge < -0.3 is 10.1 Å². The lowest BCUT2D eigenvalue weighted by Crippen LogP contribution is -2.08. The molecule has 2 aliphatic rings. The zero-order valence-electron chi connectivity index (χ0n) is 16.2. The molecule has 3 atom stereocenters. The Hall–Kier alpha value is -2.74. The second kappa shape index (κ2) is 7.71. The van der Waals surface area contributed by atoms with Crippen molar-refractivity contribution in [3.05, 3.63) is 90.0 Å². The first-order chi connectivity index (χ1) is 13.8. The molecule has 3 unspecified atom stereocenters. The Morgan fingerprint density at radius 2 is 1.50 bits per heavy atom. The Bertz CT molecular complexity index is 901. The standard InChI is InChI=1S/C26H27NO/c1-2-4-23(5-3-1)27-24-12-14-25(15-13-24)28-18-19-6-9-21(10-7-19)26-17-20-8-11-22(26)16-20/h1-7,9-10,12-15,20,22,26-27H,8,11,16-18H2. The van der Waals surface area contributed by atoms with Gasteiger partial charge >= 0.3 is 0 Å². The lowest BCUT2D eigenvalue weighted by atomic mass is 9.83.